The number of likely N-dealkylation sites (tertiary alicyclic amines) is 1. The first-order valence-electron chi connectivity index (χ1n) is 10.5. The Hall–Kier alpha value is -2.21. The fraction of sp³-hybridized carbons (Fsp3) is 0.417. The van der Waals surface area contributed by atoms with Gasteiger partial charge in [0.2, 0.25) is 0 Å². The summed E-state index contributed by atoms with van der Waals surface area (Å²) in [6.07, 6.45) is 1.34. The minimum Gasteiger partial charge on any atom is -0.486 e. The van der Waals surface area contributed by atoms with Crippen molar-refractivity contribution in [3.63, 3.8) is 0 Å². The summed E-state index contributed by atoms with van der Waals surface area (Å²) in [4.78, 5) is 5.89. The number of halogens is 1. The highest BCUT2D eigenvalue weighted by atomic mass is 35.5. The van der Waals surface area contributed by atoms with Gasteiger partial charge in [-0.25, -0.2) is 0 Å². The molecule has 5 nitrogen and oxygen atoms in total. The van der Waals surface area contributed by atoms with Gasteiger partial charge in [0, 0.05) is 23.1 Å². The molecule has 2 aliphatic heterocycles. The maximum Gasteiger partial charge on any atom is 0.161 e. The van der Waals surface area contributed by atoms with E-state index >= 15 is 0 Å². The Morgan fingerprint density at radius 1 is 1.07 bits per heavy atom. The van der Waals surface area contributed by atoms with E-state index in [9.17, 15) is 5.11 Å². The summed E-state index contributed by atoms with van der Waals surface area (Å²) in [5.41, 5.74) is 3.99. The van der Waals surface area contributed by atoms with Crippen LogP contribution in [0.5, 0.6) is 11.5 Å². The van der Waals surface area contributed by atoms with Gasteiger partial charge in [-0.2, -0.15) is 0 Å². The van der Waals surface area contributed by atoms with E-state index < -0.39 is 6.10 Å². The van der Waals surface area contributed by atoms with Crippen LogP contribution in [-0.4, -0.2) is 53.4 Å². The van der Waals surface area contributed by atoms with Gasteiger partial charge in [-0.05, 0) is 62.5 Å². The average Bonchev–Trinajstić information content (AvgIpc) is 3.09. The zero-order chi connectivity index (χ0) is 19.8. The zero-order valence-corrected chi connectivity index (χ0v) is 18.0. The lowest BCUT2D eigenvalue weighted by Crippen LogP contribution is -2.47. The summed E-state index contributed by atoms with van der Waals surface area (Å²) in [5, 5.41) is 12.1. The Labute approximate surface area is 183 Å². The van der Waals surface area contributed by atoms with Gasteiger partial charge in [0.25, 0.3) is 0 Å². The van der Waals surface area contributed by atoms with Crippen LogP contribution >= 0.6 is 12.4 Å². The normalized spacial score (nSPS) is 20.7. The summed E-state index contributed by atoms with van der Waals surface area (Å²) < 4.78 is 11.7. The Balaban J connectivity index is 0.00000218. The fourth-order valence-electron chi connectivity index (χ4n) is 4.84. The lowest BCUT2D eigenvalue weighted by atomic mass is 9.87. The molecular weight excluding hydrogens is 400 g/mol. The van der Waals surface area contributed by atoms with Crippen LogP contribution in [0.1, 0.15) is 30.0 Å². The number of aryl methyl sites for hydroxylation is 1. The lowest BCUT2D eigenvalue weighted by molar-refractivity contribution is -0.0280. The summed E-state index contributed by atoms with van der Waals surface area (Å²) in [6.45, 7) is 5.18. The summed E-state index contributed by atoms with van der Waals surface area (Å²) in [7, 11) is 0. The van der Waals surface area contributed by atoms with Gasteiger partial charge < -0.3 is 24.5 Å². The molecule has 30 heavy (non-hydrogen) atoms. The van der Waals surface area contributed by atoms with E-state index in [4.69, 9.17) is 9.47 Å². The number of nitrogens with zero attached hydrogens (tertiary/aromatic N) is 1. The molecule has 5 rings (SSSR count). The molecule has 160 valence electrons. The molecule has 1 saturated heterocycles. The van der Waals surface area contributed by atoms with E-state index in [0.29, 0.717) is 19.1 Å². The summed E-state index contributed by atoms with van der Waals surface area (Å²) in [5.74, 6) is 2.04. The topological polar surface area (TPSA) is 57.7 Å². The minimum absolute atomic E-state index is 0. The van der Waals surface area contributed by atoms with Crippen LogP contribution in [0, 0.1) is 6.92 Å². The number of fused-ring (bicyclic) bond motifs is 2. The number of H-pyrrole nitrogens is 1. The molecule has 2 aromatic carbocycles. The van der Waals surface area contributed by atoms with Crippen LogP contribution in [0.15, 0.2) is 48.5 Å². The number of aromatic nitrogens is 1. The number of aliphatic hydroxyl groups is 1. The van der Waals surface area contributed by atoms with E-state index in [-0.39, 0.29) is 18.5 Å². The first-order chi connectivity index (χ1) is 14.2. The highest BCUT2D eigenvalue weighted by molar-refractivity contribution is 5.85. The molecule has 0 spiro atoms. The van der Waals surface area contributed by atoms with Gasteiger partial charge in [0.05, 0.1) is 0 Å². The van der Waals surface area contributed by atoms with Crippen molar-refractivity contribution < 1.29 is 14.6 Å². The minimum atomic E-state index is -0.560. The van der Waals surface area contributed by atoms with E-state index in [2.05, 4.69) is 41.1 Å². The third-order valence-corrected chi connectivity index (χ3v) is 6.34. The van der Waals surface area contributed by atoms with Crippen LogP contribution in [0.2, 0.25) is 0 Å². The highest BCUT2D eigenvalue weighted by Gasteiger charge is 2.31. The van der Waals surface area contributed by atoms with Crippen molar-refractivity contribution in [3.8, 4) is 11.5 Å². The molecule has 2 aliphatic rings. The highest BCUT2D eigenvalue weighted by Crippen LogP contribution is 2.36. The maximum absolute atomic E-state index is 10.7. The summed E-state index contributed by atoms with van der Waals surface area (Å²) in [6, 6.07) is 16.2. The number of β-amino-alcohol motifs (C(OH)–C–C–N with tert-alkyl or cyclic N) is 1. The Kier molecular flexibility index (Phi) is 6.23. The molecule has 2 unspecified atom stereocenters. The number of hydrogen-bond acceptors (Lipinski definition) is 4. The molecular formula is C24H29ClN2O3. The number of aliphatic hydroxyl groups excluding tert-OH is 1. The number of nitrogens with one attached hydrogen (secondary N) is 1. The molecule has 3 aromatic rings. The Bertz CT molecular complexity index is 997. The number of hydrogen-bond donors (Lipinski definition) is 2. The number of benzene rings is 2. The van der Waals surface area contributed by atoms with Crippen molar-refractivity contribution >= 4 is 23.3 Å². The monoisotopic (exact) mass is 428 g/mol. The van der Waals surface area contributed by atoms with Crippen molar-refractivity contribution in [2.45, 2.75) is 37.9 Å². The molecule has 3 heterocycles. The van der Waals surface area contributed by atoms with Crippen LogP contribution in [0.25, 0.3) is 10.9 Å². The molecule has 0 aliphatic carbocycles. The molecule has 0 saturated carbocycles. The molecule has 2 N–H and O–H groups in total. The number of ether oxygens (including phenoxy) is 2. The summed E-state index contributed by atoms with van der Waals surface area (Å²) >= 11 is 0. The molecule has 1 fully saturated rings. The smallest absolute Gasteiger partial charge is 0.161 e. The van der Waals surface area contributed by atoms with E-state index in [1.165, 1.54) is 22.2 Å². The SMILES string of the molecule is Cc1[nH]c2ccccc2c1C1CCN(CC(O)C2COc3ccccc3O2)CC1.Cl. The zero-order valence-electron chi connectivity index (χ0n) is 17.2. The predicted molar refractivity (Wildman–Crippen MR) is 121 cm³/mol. The molecule has 1 aromatic heterocycles. The number of aromatic amines is 1. The Morgan fingerprint density at radius 3 is 2.57 bits per heavy atom. The van der Waals surface area contributed by atoms with Gasteiger partial charge >= 0.3 is 0 Å². The molecule has 0 amide bonds. The van der Waals surface area contributed by atoms with Gasteiger partial charge in [-0.1, -0.05) is 30.3 Å². The Morgan fingerprint density at radius 2 is 1.77 bits per heavy atom. The molecule has 6 heteroatoms. The number of rotatable bonds is 4. The first-order valence-corrected chi connectivity index (χ1v) is 10.5. The van der Waals surface area contributed by atoms with Crippen LogP contribution in [0.4, 0.5) is 0 Å². The van der Waals surface area contributed by atoms with Crippen LogP contribution in [0.3, 0.4) is 0 Å². The van der Waals surface area contributed by atoms with Gasteiger partial charge in [0.15, 0.2) is 17.6 Å². The quantitative estimate of drug-likeness (QED) is 0.651. The van der Waals surface area contributed by atoms with Crippen molar-refractivity contribution in [1.29, 1.82) is 0 Å². The second-order valence-electron chi connectivity index (χ2n) is 8.27. The number of para-hydroxylation sites is 3. The van der Waals surface area contributed by atoms with E-state index in [1.54, 1.807) is 0 Å². The predicted octanol–water partition coefficient (Wildman–Crippen LogP) is 4.28. The van der Waals surface area contributed by atoms with Gasteiger partial charge in [-0.3, -0.25) is 0 Å². The third kappa shape index (κ3) is 4.02. The lowest BCUT2D eigenvalue weighted by Gasteiger charge is -2.36. The van der Waals surface area contributed by atoms with E-state index in [1.807, 2.05) is 24.3 Å². The largest absolute Gasteiger partial charge is 0.486 e. The van der Waals surface area contributed by atoms with Gasteiger partial charge in [0.1, 0.15) is 12.7 Å². The first kappa shape index (κ1) is 21.0. The molecule has 0 radical (unpaired) electrons. The second-order valence-corrected chi connectivity index (χ2v) is 8.27. The van der Waals surface area contributed by atoms with Crippen LogP contribution < -0.4 is 9.47 Å². The molecule has 0 bridgehead atoms. The maximum atomic E-state index is 10.7. The van der Waals surface area contributed by atoms with Crippen molar-refractivity contribution in [2.75, 3.05) is 26.2 Å². The van der Waals surface area contributed by atoms with Gasteiger partial charge in [-0.15, -0.1) is 12.4 Å². The van der Waals surface area contributed by atoms with Crippen LogP contribution in [-0.2, 0) is 0 Å². The third-order valence-electron chi connectivity index (χ3n) is 6.34. The van der Waals surface area contributed by atoms with Crippen molar-refractivity contribution in [3.05, 3.63) is 59.8 Å². The second kappa shape index (κ2) is 8.88. The fourth-order valence-corrected chi connectivity index (χ4v) is 4.84. The standard InChI is InChI=1S/C24H28N2O3.ClH/c1-16-24(18-6-2-3-7-19(18)25-16)17-10-12-26(13-11-17)14-20(27)23-15-28-21-8-4-5-9-22(21)29-23;/h2-9,17,20,23,25,27H,10-15H2,1H3;1H. The van der Waals surface area contributed by atoms with Crippen molar-refractivity contribution in [1.82, 2.24) is 9.88 Å². The van der Waals surface area contributed by atoms with Crippen molar-refractivity contribution in [2.24, 2.45) is 0 Å². The average molecular weight is 429 g/mol. The number of piperidine rings is 1. The molecule has 2 atom stereocenters. The van der Waals surface area contributed by atoms with E-state index in [0.717, 1.165) is 37.4 Å².